The predicted octanol–water partition coefficient (Wildman–Crippen LogP) is 1.95. The van der Waals surface area contributed by atoms with E-state index in [0.29, 0.717) is 5.56 Å². The lowest BCUT2D eigenvalue weighted by Crippen LogP contribution is -2.08. The first-order valence-corrected chi connectivity index (χ1v) is 4.49. The fourth-order valence-corrected chi connectivity index (χ4v) is 1.00. The Morgan fingerprint density at radius 3 is 2.29 bits per heavy atom. The molecule has 0 spiro atoms. The third-order valence-corrected chi connectivity index (χ3v) is 1.74. The van der Waals surface area contributed by atoms with Crippen LogP contribution in [-0.2, 0) is 9.59 Å². The van der Waals surface area contributed by atoms with Gasteiger partial charge in [0.05, 0.1) is 0 Å². The molecule has 4 nitrogen and oxygen atoms in total. The van der Waals surface area contributed by atoms with Crippen LogP contribution in [0.1, 0.15) is 5.56 Å². The largest absolute Gasteiger partial charge is 0.475 e. The number of hydrogen-bond acceptors (Lipinski definition) is 3. The quantitative estimate of drug-likeness (QED) is 0.633. The van der Waals surface area contributed by atoms with E-state index in [0.717, 1.165) is 6.08 Å². The average molecular weight is 242 g/mol. The summed E-state index contributed by atoms with van der Waals surface area (Å²) in [5.41, 5.74) is 0.501. The highest BCUT2D eigenvalue weighted by Crippen LogP contribution is 2.15. The number of benzene rings is 1. The van der Waals surface area contributed by atoms with Crippen LogP contribution in [0.15, 0.2) is 30.3 Å². The molecule has 0 saturated heterocycles. The van der Waals surface area contributed by atoms with Crippen LogP contribution in [0.3, 0.4) is 0 Å². The van der Waals surface area contributed by atoms with Crippen molar-refractivity contribution in [3.63, 3.8) is 0 Å². The molecule has 1 N–H and O–H groups in total. The van der Waals surface area contributed by atoms with Crippen LogP contribution in [0.4, 0.5) is 8.78 Å². The van der Waals surface area contributed by atoms with E-state index >= 15 is 0 Å². The van der Waals surface area contributed by atoms with Gasteiger partial charge < -0.3 is 9.84 Å². The van der Waals surface area contributed by atoms with Crippen molar-refractivity contribution >= 4 is 17.8 Å². The van der Waals surface area contributed by atoms with Gasteiger partial charge in [-0.25, -0.2) is 4.79 Å². The summed E-state index contributed by atoms with van der Waals surface area (Å²) >= 11 is 0. The van der Waals surface area contributed by atoms with Crippen LogP contribution >= 0.6 is 0 Å². The summed E-state index contributed by atoms with van der Waals surface area (Å²) in [5, 5.41) is 8.30. The fraction of sp³-hybridized carbons (Fsp3) is 0.0909. The van der Waals surface area contributed by atoms with Gasteiger partial charge in [0.15, 0.2) is 0 Å². The number of hydrogen-bond donors (Lipinski definition) is 1. The highest BCUT2D eigenvalue weighted by atomic mass is 19.3. The van der Waals surface area contributed by atoms with Crippen molar-refractivity contribution in [3.8, 4) is 5.75 Å². The minimum absolute atomic E-state index is 0.0123. The lowest BCUT2D eigenvalue weighted by molar-refractivity contribution is -0.146. The summed E-state index contributed by atoms with van der Waals surface area (Å²) in [6.07, 6.45) is 2.15. The maximum absolute atomic E-state index is 11.8. The van der Waals surface area contributed by atoms with Crippen LogP contribution < -0.4 is 4.74 Å². The number of carbonyl (C=O) groups excluding carboxylic acids is 1. The Kier molecular flexibility index (Phi) is 4.33. The molecule has 0 amide bonds. The smallest absolute Gasteiger partial charge is 0.387 e. The number of carboxylic acids is 1. The highest BCUT2D eigenvalue weighted by molar-refractivity contribution is 6.38. The molecule has 1 aromatic rings. The lowest BCUT2D eigenvalue weighted by Gasteiger charge is -2.03. The second kappa shape index (κ2) is 5.74. The van der Waals surface area contributed by atoms with E-state index < -0.39 is 18.4 Å². The Morgan fingerprint density at radius 2 is 1.82 bits per heavy atom. The maximum Gasteiger partial charge on any atom is 0.387 e. The van der Waals surface area contributed by atoms with Crippen LogP contribution in [-0.4, -0.2) is 23.5 Å². The molecule has 0 aliphatic heterocycles. The molecule has 0 fully saturated rings. The van der Waals surface area contributed by atoms with E-state index in [1.807, 2.05) is 0 Å². The molecule has 1 rings (SSSR count). The molecule has 90 valence electrons. The van der Waals surface area contributed by atoms with Crippen molar-refractivity contribution in [2.24, 2.45) is 0 Å². The van der Waals surface area contributed by atoms with Crippen LogP contribution in [0.2, 0.25) is 0 Å². The Morgan fingerprint density at radius 1 is 1.24 bits per heavy atom. The molecule has 0 saturated carbocycles. The second-order valence-corrected chi connectivity index (χ2v) is 2.95. The Labute approximate surface area is 95.1 Å². The van der Waals surface area contributed by atoms with Crippen molar-refractivity contribution in [2.75, 3.05) is 0 Å². The third-order valence-electron chi connectivity index (χ3n) is 1.74. The van der Waals surface area contributed by atoms with Gasteiger partial charge in [-0.05, 0) is 23.8 Å². The molecule has 0 radical (unpaired) electrons. The SMILES string of the molecule is O=C(O)C(=O)/C=C/c1ccc(OC(F)F)cc1. The summed E-state index contributed by atoms with van der Waals surface area (Å²) in [6.45, 7) is -2.90. The second-order valence-electron chi connectivity index (χ2n) is 2.95. The van der Waals surface area contributed by atoms with Gasteiger partial charge in [-0.1, -0.05) is 18.2 Å². The third kappa shape index (κ3) is 4.42. The van der Waals surface area contributed by atoms with Crippen molar-refractivity contribution in [3.05, 3.63) is 35.9 Å². The molecular formula is C11H8F2O4. The number of ether oxygens (including phenoxy) is 1. The van der Waals surface area contributed by atoms with E-state index in [4.69, 9.17) is 5.11 Å². The van der Waals surface area contributed by atoms with E-state index in [9.17, 15) is 18.4 Å². The standard InChI is InChI=1S/C11H8F2O4/c12-11(13)17-8-4-1-7(2-5-8)3-6-9(14)10(15)16/h1-6,11H,(H,15,16)/b6-3+. The van der Waals surface area contributed by atoms with Crippen molar-refractivity contribution in [2.45, 2.75) is 6.61 Å². The van der Waals surface area contributed by atoms with E-state index in [-0.39, 0.29) is 5.75 Å². The summed E-state index contributed by atoms with van der Waals surface area (Å²) in [5.74, 6) is -2.63. The Balaban J connectivity index is 2.68. The van der Waals surface area contributed by atoms with Gasteiger partial charge in [0.1, 0.15) is 5.75 Å². The van der Waals surface area contributed by atoms with Crippen LogP contribution in [0.25, 0.3) is 6.08 Å². The van der Waals surface area contributed by atoms with Crippen molar-refractivity contribution in [1.29, 1.82) is 0 Å². The first-order valence-electron chi connectivity index (χ1n) is 4.49. The van der Waals surface area contributed by atoms with E-state index in [1.54, 1.807) is 0 Å². The number of alkyl halides is 2. The Bertz CT molecular complexity index is 437. The van der Waals surface area contributed by atoms with Crippen molar-refractivity contribution in [1.82, 2.24) is 0 Å². The summed E-state index contributed by atoms with van der Waals surface area (Å²) in [6, 6.07) is 5.42. The number of rotatable bonds is 5. The zero-order valence-electron chi connectivity index (χ0n) is 8.47. The van der Waals surface area contributed by atoms with Gasteiger partial charge in [-0.2, -0.15) is 8.78 Å². The maximum atomic E-state index is 11.8. The lowest BCUT2D eigenvalue weighted by atomic mass is 10.2. The van der Waals surface area contributed by atoms with Gasteiger partial charge in [0.25, 0.3) is 5.78 Å². The zero-order chi connectivity index (χ0) is 12.8. The molecule has 0 atom stereocenters. The van der Waals surface area contributed by atoms with Gasteiger partial charge in [-0.15, -0.1) is 0 Å². The first-order chi connectivity index (χ1) is 7.99. The molecule has 0 aliphatic rings. The molecule has 6 heteroatoms. The minimum atomic E-state index is -2.90. The number of carbonyl (C=O) groups is 2. The molecule has 1 aromatic carbocycles. The van der Waals surface area contributed by atoms with Gasteiger partial charge in [-0.3, -0.25) is 4.79 Å². The number of aliphatic carboxylic acids is 1. The topological polar surface area (TPSA) is 63.6 Å². The highest BCUT2D eigenvalue weighted by Gasteiger charge is 2.06. The van der Waals surface area contributed by atoms with Gasteiger partial charge in [0, 0.05) is 0 Å². The van der Waals surface area contributed by atoms with Crippen molar-refractivity contribution < 1.29 is 28.2 Å². The van der Waals surface area contributed by atoms with E-state index in [1.165, 1.54) is 30.3 Å². The van der Waals surface area contributed by atoms with Crippen LogP contribution in [0, 0.1) is 0 Å². The summed E-state index contributed by atoms with van der Waals surface area (Å²) in [7, 11) is 0. The molecule has 0 unspecified atom stereocenters. The minimum Gasteiger partial charge on any atom is -0.475 e. The molecule has 0 aromatic heterocycles. The molecular weight excluding hydrogens is 234 g/mol. The summed E-state index contributed by atoms with van der Waals surface area (Å²) in [4.78, 5) is 20.9. The predicted molar refractivity (Wildman–Crippen MR) is 54.8 cm³/mol. The average Bonchev–Trinajstić information content (AvgIpc) is 2.26. The zero-order valence-corrected chi connectivity index (χ0v) is 8.47. The number of halogens is 2. The fourth-order valence-electron chi connectivity index (χ4n) is 1.00. The molecule has 0 bridgehead atoms. The van der Waals surface area contributed by atoms with Gasteiger partial charge in [0.2, 0.25) is 0 Å². The van der Waals surface area contributed by atoms with E-state index in [2.05, 4.69) is 4.74 Å². The molecule has 0 aliphatic carbocycles. The first kappa shape index (κ1) is 12.8. The number of carboxylic acid groups (broad SMARTS) is 1. The Hall–Kier alpha value is -2.24. The normalized spacial score (nSPS) is 10.8. The van der Waals surface area contributed by atoms with Crippen LogP contribution in [0.5, 0.6) is 5.75 Å². The monoisotopic (exact) mass is 242 g/mol. The van der Waals surface area contributed by atoms with Gasteiger partial charge >= 0.3 is 12.6 Å². The molecule has 17 heavy (non-hydrogen) atoms. The number of ketones is 1. The molecule has 0 heterocycles. The summed E-state index contributed by atoms with van der Waals surface area (Å²) < 4.78 is 27.7.